The van der Waals surface area contributed by atoms with Crippen molar-refractivity contribution in [1.29, 1.82) is 0 Å². The highest BCUT2D eigenvalue weighted by Crippen LogP contribution is 2.13. The maximum Gasteiger partial charge on any atom is 0.0550 e. The highest BCUT2D eigenvalue weighted by atomic mass is 14.9. The van der Waals surface area contributed by atoms with Gasteiger partial charge in [0.1, 0.15) is 0 Å². The predicted octanol–water partition coefficient (Wildman–Crippen LogP) is 2.58. The second-order valence-electron chi connectivity index (χ2n) is 3.79. The number of nitrogen functional groups attached to an aromatic ring is 1. The standard InChI is InChI=1S/C13H15N3/c1-10-4-2-3-5-11(10)7-16-13-6-12(14)8-15-9-13/h2-6,8-9,16H,7,14H2,1H3. The van der Waals surface area contributed by atoms with E-state index in [-0.39, 0.29) is 0 Å². The van der Waals surface area contributed by atoms with E-state index in [0.717, 1.165) is 12.2 Å². The molecule has 0 fully saturated rings. The monoisotopic (exact) mass is 213 g/mol. The zero-order valence-corrected chi connectivity index (χ0v) is 9.27. The van der Waals surface area contributed by atoms with Gasteiger partial charge in [0.2, 0.25) is 0 Å². The Labute approximate surface area is 95.3 Å². The van der Waals surface area contributed by atoms with Gasteiger partial charge >= 0.3 is 0 Å². The Balaban J connectivity index is 2.05. The molecule has 0 spiro atoms. The molecule has 1 heterocycles. The van der Waals surface area contributed by atoms with Crippen LogP contribution >= 0.6 is 0 Å². The molecule has 16 heavy (non-hydrogen) atoms. The summed E-state index contributed by atoms with van der Waals surface area (Å²) in [5, 5.41) is 3.30. The molecule has 82 valence electrons. The minimum absolute atomic E-state index is 0.676. The van der Waals surface area contributed by atoms with Gasteiger partial charge < -0.3 is 11.1 Å². The molecule has 3 N–H and O–H groups in total. The molecular formula is C13H15N3. The number of nitrogens with one attached hydrogen (secondary N) is 1. The maximum atomic E-state index is 5.65. The predicted molar refractivity (Wildman–Crippen MR) is 67.2 cm³/mol. The van der Waals surface area contributed by atoms with Gasteiger partial charge in [-0.15, -0.1) is 0 Å². The number of rotatable bonds is 3. The van der Waals surface area contributed by atoms with E-state index < -0.39 is 0 Å². The first-order chi connectivity index (χ1) is 7.75. The van der Waals surface area contributed by atoms with E-state index in [1.807, 2.05) is 18.2 Å². The largest absolute Gasteiger partial charge is 0.397 e. The second kappa shape index (κ2) is 4.66. The third-order valence-corrected chi connectivity index (χ3v) is 2.50. The lowest BCUT2D eigenvalue weighted by atomic mass is 10.1. The summed E-state index contributed by atoms with van der Waals surface area (Å²) in [6.07, 6.45) is 3.41. The van der Waals surface area contributed by atoms with Crippen molar-refractivity contribution < 1.29 is 0 Å². The number of pyridine rings is 1. The Morgan fingerprint density at radius 2 is 2.06 bits per heavy atom. The third-order valence-electron chi connectivity index (χ3n) is 2.50. The maximum absolute atomic E-state index is 5.65. The van der Waals surface area contributed by atoms with Crippen LogP contribution in [0.25, 0.3) is 0 Å². The number of nitrogens with zero attached hydrogens (tertiary/aromatic N) is 1. The van der Waals surface area contributed by atoms with Crippen molar-refractivity contribution in [2.24, 2.45) is 0 Å². The average molecular weight is 213 g/mol. The van der Waals surface area contributed by atoms with Crippen LogP contribution in [-0.4, -0.2) is 4.98 Å². The summed E-state index contributed by atoms with van der Waals surface area (Å²) in [7, 11) is 0. The highest BCUT2D eigenvalue weighted by molar-refractivity contribution is 5.51. The minimum atomic E-state index is 0.676. The molecule has 0 atom stereocenters. The smallest absolute Gasteiger partial charge is 0.0550 e. The van der Waals surface area contributed by atoms with E-state index in [9.17, 15) is 0 Å². The van der Waals surface area contributed by atoms with E-state index >= 15 is 0 Å². The number of hydrogen-bond donors (Lipinski definition) is 2. The first-order valence-corrected chi connectivity index (χ1v) is 5.24. The van der Waals surface area contributed by atoms with Crippen LogP contribution in [0.2, 0.25) is 0 Å². The SMILES string of the molecule is Cc1ccccc1CNc1cncc(N)c1. The Bertz CT molecular complexity index is 480. The summed E-state index contributed by atoms with van der Waals surface area (Å²) in [6.45, 7) is 2.90. The van der Waals surface area contributed by atoms with Crippen molar-refractivity contribution in [2.45, 2.75) is 13.5 Å². The van der Waals surface area contributed by atoms with Crippen molar-refractivity contribution in [2.75, 3.05) is 11.1 Å². The number of aryl methyl sites for hydroxylation is 1. The Kier molecular flexibility index (Phi) is 3.05. The van der Waals surface area contributed by atoms with Gasteiger partial charge in [-0.1, -0.05) is 24.3 Å². The van der Waals surface area contributed by atoms with Gasteiger partial charge in [0.05, 0.1) is 17.6 Å². The van der Waals surface area contributed by atoms with Crippen LogP contribution < -0.4 is 11.1 Å². The molecule has 2 rings (SSSR count). The Hall–Kier alpha value is -2.03. The first kappa shape index (κ1) is 10.5. The summed E-state index contributed by atoms with van der Waals surface area (Å²) >= 11 is 0. The molecule has 0 bridgehead atoms. The Morgan fingerprint density at radius 3 is 2.81 bits per heavy atom. The zero-order chi connectivity index (χ0) is 11.4. The van der Waals surface area contributed by atoms with Crippen molar-refractivity contribution in [3.05, 3.63) is 53.9 Å². The number of nitrogens with two attached hydrogens (primary N) is 1. The number of benzene rings is 1. The van der Waals surface area contributed by atoms with Crippen LogP contribution in [0.1, 0.15) is 11.1 Å². The number of anilines is 2. The quantitative estimate of drug-likeness (QED) is 0.824. The second-order valence-corrected chi connectivity index (χ2v) is 3.79. The topological polar surface area (TPSA) is 50.9 Å². The fraction of sp³-hybridized carbons (Fsp3) is 0.154. The fourth-order valence-corrected chi connectivity index (χ4v) is 1.56. The van der Waals surface area contributed by atoms with Gasteiger partial charge in [-0.25, -0.2) is 0 Å². The normalized spacial score (nSPS) is 10.1. The molecule has 0 aliphatic carbocycles. The summed E-state index contributed by atoms with van der Waals surface area (Å²) in [6, 6.07) is 10.2. The molecule has 0 saturated heterocycles. The summed E-state index contributed by atoms with van der Waals surface area (Å²) in [5.41, 5.74) is 9.84. The lowest BCUT2D eigenvalue weighted by Crippen LogP contribution is -2.02. The van der Waals surface area contributed by atoms with Crippen molar-refractivity contribution in [3.63, 3.8) is 0 Å². The Morgan fingerprint density at radius 1 is 1.25 bits per heavy atom. The fourth-order valence-electron chi connectivity index (χ4n) is 1.56. The lowest BCUT2D eigenvalue weighted by molar-refractivity contribution is 1.11. The first-order valence-electron chi connectivity index (χ1n) is 5.24. The van der Waals surface area contributed by atoms with Gasteiger partial charge in [0, 0.05) is 12.7 Å². The minimum Gasteiger partial charge on any atom is -0.397 e. The number of aromatic nitrogens is 1. The van der Waals surface area contributed by atoms with Crippen molar-refractivity contribution in [1.82, 2.24) is 4.98 Å². The molecule has 3 heteroatoms. The molecule has 2 aromatic rings. The lowest BCUT2D eigenvalue weighted by Gasteiger charge is -2.08. The van der Waals surface area contributed by atoms with Gasteiger partial charge in [-0.3, -0.25) is 4.98 Å². The van der Waals surface area contributed by atoms with Crippen LogP contribution in [0.4, 0.5) is 11.4 Å². The van der Waals surface area contributed by atoms with E-state index in [4.69, 9.17) is 5.73 Å². The molecule has 0 aliphatic rings. The van der Waals surface area contributed by atoms with E-state index in [0.29, 0.717) is 5.69 Å². The van der Waals surface area contributed by atoms with Crippen LogP contribution in [0.15, 0.2) is 42.7 Å². The van der Waals surface area contributed by atoms with Crippen LogP contribution in [0.5, 0.6) is 0 Å². The molecule has 0 amide bonds. The summed E-state index contributed by atoms with van der Waals surface area (Å²) in [4.78, 5) is 4.03. The number of hydrogen-bond acceptors (Lipinski definition) is 3. The van der Waals surface area contributed by atoms with E-state index in [1.165, 1.54) is 11.1 Å². The highest BCUT2D eigenvalue weighted by Gasteiger charge is 1.97. The molecule has 0 radical (unpaired) electrons. The van der Waals surface area contributed by atoms with Gasteiger partial charge in [-0.05, 0) is 24.1 Å². The van der Waals surface area contributed by atoms with Gasteiger partial charge in [-0.2, -0.15) is 0 Å². The van der Waals surface area contributed by atoms with Crippen LogP contribution in [-0.2, 0) is 6.54 Å². The van der Waals surface area contributed by atoms with Crippen molar-refractivity contribution >= 4 is 11.4 Å². The van der Waals surface area contributed by atoms with Crippen molar-refractivity contribution in [3.8, 4) is 0 Å². The summed E-state index contributed by atoms with van der Waals surface area (Å²) in [5.74, 6) is 0. The van der Waals surface area contributed by atoms with Gasteiger partial charge in [0.25, 0.3) is 0 Å². The van der Waals surface area contributed by atoms with Crippen LogP contribution in [0.3, 0.4) is 0 Å². The van der Waals surface area contributed by atoms with Crippen LogP contribution in [0, 0.1) is 6.92 Å². The van der Waals surface area contributed by atoms with Gasteiger partial charge in [0.15, 0.2) is 0 Å². The van der Waals surface area contributed by atoms with E-state index in [2.05, 4.69) is 29.4 Å². The molecule has 3 nitrogen and oxygen atoms in total. The molecule has 0 saturated carbocycles. The zero-order valence-electron chi connectivity index (χ0n) is 9.27. The molecule has 0 unspecified atom stereocenters. The molecule has 1 aromatic heterocycles. The third kappa shape index (κ3) is 2.51. The molecule has 1 aromatic carbocycles. The molecular weight excluding hydrogens is 198 g/mol. The average Bonchev–Trinajstić information content (AvgIpc) is 2.28. The van der Waals surface area contributed by atoms with E-state index in [1.54, 1.807) is 12.4 Å². The molecule has 0 aliphatic heterocycles. The summed E-state index contributed by atoms with van der Waals surface area (Å²) < 4.78 is 0.